The first-order valence-electron chi connectivity index (χ1n) is 12.4. The maximum absolute atomic E-state index is 11.6. The van der Waals surface area contributed by atoms with E-state index in [4.69, 9.17) is 5.84 Å². The molecule has 0 bridgehead atoms. The molecule has 5 aromatic rings. The number of hydrogen-bond acceptors (Lipinski definition) is 10. The molecule has 0 fully saturated rings. The van der Waals surface area contributed by atoms with E-state index in [-0.39, 0.29) is 0 Å². The highest BCUT2D eigenvalue weighted by Crippen LogP contribution is 2.27. The number of carbonyl (C=O) groups is 1. The topological polar surface area (TPSA) is 155 Å². The molecule has 3 heterocycles. The van der Waals surface area contributed by atoms with E-state index in [0.717, 1.165) is 28.3 Å². The maximum atomic E-state index is 11.6. The average Bonchev–Trinajstić information content (AvgIpc) is 3.43. The largest absolute Gasteiger partial charge is 0.362 e. The summed E-state index contributed by atoms with van der Waals surface area (Å²) in [6.45, 7) is 1.87. The van der Waals surface area contributed by atoms with E-state index in [0.29, 0.717) is 28.9 Å². The van der Waals surface area contributed by atoms with E-state index in [2.05, 4.69) is 40.5 Å². The second kappa shape index (κ2) is 12.5. The molecule has 5 rings (SSSR count). The predicted molar refractivity (Wildman–Crippen MR) is 155 cm³/mol. The summed E-state index contributed by atoms with van der Waals surface area (Å²) < 4.78 is 0. The summed E-state index contributed by atoms with van der Waals surface area (Å²) in [7, 11) is 7.51. The summed E-state index contributed by atoms with van der Waals surface area (Å²) in [6.07, 6.45) is 3.25. The van der Waals surface area contributed by atoms with Gasteiger partial charge in [0.1, 0.15) is 23.0 Å². The van der Waals surface area contributed by atoms with Gasteiger partial charge < -0.3 is 9.80 Å². The summed E-state index contributed by atoms with van der Waals surface area (Å²) in [5, 5.41) is 7.03. The van der Waals surface area contributed by atoms with Crippen molar-refractivity contribution in [2.45, 2.75) is 6.92 Å². The van der Waals surface area contributed by atoms with Gasteiger partial charge in [0.05, 0.1) is 5.56 Å². The van der Waals surface area contributed by atoms with Gasteiger partial charge in [-0.15, -0.1) is 0 Å². The first-order chi connectivity index (χ1) is 19.3. The van der Waals surface area contributed by atoms with E-state index in [1.807, 2.05) is 101 Å². The van der Waals surface area contributed by atoms with Crippen molar-refractivity contribution >= 4 is 17.5 Å². The molecule has 0 atom stereocenters. The Balaban J connectivity index is 0.000000186. The fourth-order valence-corrected chi connectivity index (χ4v) is 3.74. The molecule has 12 heteroatoms. The van der Waals surface area contributed by atoms with Gasteiger partial charge in [-0.1, -0.05) is 60.7 Å². The minimum Gasteiger partial charge on any atom is -0.362 e. The van der Waals surface area contributed by atoms with E-state index >= 15 is 0 Å². The smallest absolute Gasteiger partial charge is 0.270 e. The Hall–Kier alpha value is -5.23. The van der Waals surface area contributed by atoms with Gasteiger partial charge in [-0.05, 0) is 6.92 Å². The zero-order valence-corrected chi connectivity index (χ0v) is 23.0. The monoisotopic (exact) mass is 537 g/mol. The standard InChI is InChI=1S/C15H16N6.C13H15N5O/c1-10-17-14(20-19-10)12-9-16-13(18-15(12)21(2)3)11-7-5-4-6-8-11;1-18(2)12-10(13(19)17-14)8-15-11(16-12)9-6-4-3-5-7-9/h4-9H,1-3H3,(H,17,19,20);3-8H,14H2,1-2H3,(H,17,19). The van der Waals surface area contributed by atoms with Crippen LogP contribution >= 0.6 is 0 Å². The van der Waals surface area contributed by atoms with Crippen LogP contribution in [0.1, 0.15) is 16.2 Å². The summed E-state index contributed by atoms with van der Waals surface area (Å²) >= 11 is 0. The lowest BCUT2D eigenvalue weighted by Gasteiger charge is -2.15. The van der Waals surface area contributed by atoms with Crippen LogP contribution < -0.4 is 21.1 Å². The van der Waals surface area contributed by atoms with E-state index in [9.17, 15) is 4.79 Å². The van der Waals surface area contributed by atoms with Crippen LogP contribution in [0, 0.1) is 6.92 Å². The number of aromatic amines is 1. The molecule has 2 aromatic carbocycles. The van der Waals surface area contributed by atoms with Crippen LogP contribution in [0.2, 0.25) is 0 Å². The van der Waals surface area contributed by atoms with Gasteiger partial charge in [-0.25, -0.2) is 30.8 Å². The van der Waals surface area contributed by atoms with E-state index in [1.165, 1.54) is 6.20 Å². The summed E-state index contributed by atoms with van der Waals surface area (Å²) in [5.74, 6) is 8.68. The van der Waals surface area contributed by atoms with Gasteiger partial charge in [0.2, 0.25) is 0 Å². The number of nitrogens with zero attached hydrogens (tertiary/aromatic N) is 8. The first-order valence-corrected chi connectivity index (χ1v) is 12.4. The number of benzene rings is 2. The second-order valence-electron chi connectivity index (χ2n) is 9.10. The van der Waals surface area contributed by atoms with E-state index in [1.54, 1.807) is 11.1 Å². The fourth-order valence-electron chi connectivity index (χ4n) is 3.74. The number of nitrogens with two attached hydrogens (primary N) is 1. The Morgan fingerprint density at radius 3 is 1.75 bits per heavy atom. The molecule has 204 valence electrons. The lowest BCUT2D eigenvalue weighted by Crippen LogP contribution is -2.32. The molecular formula is C28H31N11O. The van der Waals surface area contributed by atoms with Crippen molar-refractivity contribution in [2.24, 2.45) is 5.84 Å². The zero-order valence-electron chi connectivity index (χ0n) is 23.0. The molecule has 4 N–H and O–H groups in total. The van der Waals surface area contributed by atoms with Crippen LogP contribution in [0.3, 0.4) is 0 Å². The van der Waals surface area contributed by atoms with Crippen LogP contribution in [-0.4, -0.2) is 69.2 Å². The van der Waals surface area contributed by atoms with Crippen molar-refractivity contribution in [2.75, 3.05) is 38.0 Å². The maximum Gasteiger partial charge on any atom is 0.270 e. The Labute approximate surface area is 232 Å². The summed E-state index contributed by atoms with van der Waals surface area (Å²) in [5.41, 5.74) is 5.12. The lowest BCUT2D eigenvalue weighted by molar-refractivity contribution is 0.0953. The number of rotatable bonds is 6. The number of carbonyl (C=O) groups excluding carboxylic acids is 1. The quantitative estimate of drug-likeness (QED) is 0.167. The van der Waals surface area contributed by atoms with Gasteiger partial charge in [0.15, 0.2) is 17.5 Å². The van der Waals surface area contributed by atoms with Crippen LogP contribution in [0.15, 0.2) is 73.1 Å². The Morgan fingerprint density at radius 1 is 0.750 bits per heavy atom. The number of aromatic nitrogens is 7. The molecule has 0 saturated heterocycles. The van der Waals surface area contributed by atoms with Crippen LogP contribution in [0.4, 0.5) is 11.6 Å². The number of aryl methyl sites for hydroxylation is 1. The second-order valence-corrected chi connectivity index (χ2v) is 9.10. The SMILES string of the molecule is CN(C)c1nc(-c2ccccc2)ncc1C(=O)NN.Cc1nc(-c2cnc(-c3ccccc3)nc2N(C)C)n[nH]1. The number of hydrogen-bond donors (Lipinski definition) is 3. The third kappa shape index (κ3) is 6.42. The van der Waals surface area contributed by atoms with Gasteiger partial charge in [-0.3, -0.25) is 15.3 Å². The van der Waals surface area contributed by atoms with Crippen molar-refractivity contribution in [3.05, 3.63) is 84.4 Å². The normalized spacial score (nSPS) is 10.3. The highest BCUT2D eigenvalue weighted by Gasteiger charge is 2.17. The molecule has 3 aromatic heterocycles. The molecule has 0 spiro atoms. The third-order valence-corrected chi connectivity index (χ3v) is 5.66. The van der Waals surface area contributed by atoms with Gasteiger partial charge in [0.25, 0.3) is 5.91 Å². The average molecular weight is 538 g/mol. The van der Waals surface area contributed by atoms with Crippen molar-refractivity contribution in [1.29, 1.82) is 0 Å². The number of H-pyrrole nitrogens is 1. The van der Waals surface area contributed by atoms with Crippen molar-refractivity contribution in [3.63, 3.8) is 0 Å². The van der Waals surface area contributed by atoms with Gasteiger partial charge in [0, 0.05) is 51.7 Å². The van der Waals surface area contributed by atoms with Crippen LogP contribution in [0.5, 0.6) is 0 Å². The number of amides is 1. The number of hydrazine groups is 1. The molecule has 0 radical (unpaired) electrons. The molecule has 12 nitrogen and oxygen atoms in total. The van der Waals surface area contributed by atoms with Gasteiger partial charge >= 0.3 is 0 Å². The fraction of sp³-hybridized carbons (Fsp3) is 0.179. The number of nitrogen functional groups attached to an aromatic ring is 1. The molecule has 0 saturated carbocycles. The lowest BCUT2D eigenvalue weighted by atomic mass is 10.2. The van der Waals surface area contributed by atoms with Crippen LogP contribution in [0.25, 0.3) is 34.2 Å². The highest BCUT2D eigenvalue weighted by molar-refractivity contribution is 5.98. The molecule has 40 heavy (non-hydrogen) atoms. The summed E-state index contributed by atoms with van der Waals surface area (Å²) in [4.78, 5) is 37.4. The molecule has 1 amide bonds. The van der Waals surface area contributed by atoms with Gasteiger partial charge in [-0.2, -0.15) is 5.10 Å². The van der Waals surface area contributed by atoms with Crippen molar-refractivity contribution in [1.82, 2.24) is 40.5 Å². The Morgan fingerprint density at radius 2 is 1.27 bits per heavy atom. The Kier molecular flexibility index (Phi) is 8.72. The molecule has 0 unspecified atom stereocenters. The molecular weight excluding hydrogens is 506 g/mol. The molecule has 0 aliphatic carbocycles. The predicted octanol–water partition coefficient (Wildman–Crippen LogP) is 3.12. The van der Waals surface area contributed by atoms with E-state index < -0.39 is 5.91 Å². The highest BCUT2D eigenvalue weighted by atomic mass is 16.2. The molecule has 0 aliphatic heterocycles. The number of nitrogens with one attached hydrogen (secondary N) is 2. The minimum absolute atomic E-state index is 0.340. The first kappa shape index (κ1) is 27.8. The molecule has 0 aliphatic rings. The third-order valence-electron chi connectivity index (χ3n) is 5.66. The zero-order chi connectivity index (χ0) is 28.6. The minimum atomic E-state index is -0.414. The Bertz CT molecular complexity index is 1570. The van der Waals surface area contributed by atoms with Crippen LogP contribution in [-0.2, 0) is 0 Å². The number of anilines is 2. The van der Waals surface area contributed by atoms with Crippen molar-refractivity contribution in [3.8, 4) is 34.2 Å². The summed E-state index contributed by atoms with van der Waals surface area (Å²) in [6, 6.07) is 19.5. The van der Waals surface area contributed by atoms with Crippen molar-refractivity contribution < 1.29 is 4.79 Å².